The van der Waals surface area contributed by atoms with E-state index in [1.165, 1.54) is 40.6 Å². The fourth-order valence-corrected chi connectivity index (χ4v) is 4.39. The van der Waals surface area contributed by atoms with Crippen LogP contribution in [0.3, 0.4) is 0 Å². The van der Waals surface area contributed by atoms with Gasteiger partial charge in [0.25, 0.3) is 5.91 Å². The molecule has 0 fully saturated rings. The molecule has 1 unspecified atom stereocenters. The van der Waals surface area contributed by atoms with Gasteiger partial charge < -0.3 is 10.5 Å². The molecule has 5 rings (SSSR count). The number of hydrazone groups is 1. The summed E-state index contributed by atoms with van der Waals surface area (Å²) in [6.07, 6.45) is 0.907. The number of hydrogen-bond donors (Lipinski definition) is 2. The van der Waals surface area contributed by atoms with Gasteiger partial charge in [-0.1, -0.05) is 0 Å². The number of thiazole rings is 1. The minimum Gasteiger partial charge on any atom is -0.493 e. The summed E-state index contributed by atoms with van der Waals surface area (Å²) in [4.78, 5) is 29.2. The first kappa shape index (κ1) is 20.1. The van der Waals surface area contributed by atoms with Crippen LogP contribution in [0.15, 0.2) is 52.9 Å². The second-order valence-electron chi connectivity index (χ2n) is 7.40. The van der Waals surface area contributed by atoms with E-state index in [0.29, 0.717) is 17.4 Å². The highest BCUT2D eigenvalue weighted by atomic mass is 32.1. The fraction of sp³-hybridized carbons (Fsp3) is 0.182. The number of benzene rings is 2. The number of nitrogens with zero attached hydrogens (tertiary/aromatic N) is 3. The summed E-state index contributed by atoms with van der Waals surface area (Å²) < 4.78 is 18.8. The lowest BCUT2D eigenvalue weighted by molar-refractivity contribution is -0.119. The Balaban J connectivity index is 1.33. The second-order valence-corrected chi connectivity index (χ2v) is 8.26. The zero-order valence-corrected chi connectivity index (χ0v) is 17.6. The van der Waals surface area contributed by atoms with Gasteiger partial charge in [-0.15, -0.1) is 11.3 Å². The van der Waals surface area contributed by atoms with Crippen molar-refractivity contribution >= 4 is 39.7 Å². The van der Waals surface area contributed by atoms with Crippen LogP contribution < -0.4 is 20.8 Å². The molecule has 3 N–H and O–H groups in total. The number of fused-ring (bicyclic) bond motifs is 1. The van der Waals surface area contributed by atoms with Gasteiger partial charge in [0.05, 0.1) is 18.0 Å². The number of primary amides is 1. The van der Waals surface area contributed by atoms with E-state index in [0.717, 1.165) is 29.0 Å². The Morgan fingerprint density at radius 1 is 1.22 bits per heavy atom. The van der Waals surface area contributed by atoms with Crippen LogP contribution in [0, 0.1) is 5.82 Å². The molecule has 0 saturated heterocycles. The lowest BCUT2D eigenvalue weighted by Crippen LogP contribution is -2.39. The van der Waals surface area contributed by atoms with Gasteiger partial charge in [0.1, 0.15) is 23.3 Å². The van der Waals surface area contributed by atoms with Gasteiger partial charge in [0.15, 0.2) is 5.13 Å². The van der Waals surface area contributed by atoms with Gasteiger partial charge in [0.2, 0.25) is 5.91 Å². The number of aromatic nitrogens is 1. The van der Waals surface area contributed by atoms with Crippen molar-refractivity contribution in [3.8, 4) is 17.0 Å². The number of rotatable bonds is 5. The summed E-state index contributed by atoms with van der Waals surface area (Å²) >= 11 is 1.29. The van der Waals surface area contributed by atoms with Crippen LogP contribution >= 0.6 is 11.3 Å². The number of anilines is 2. The fourth-order valence-electron chi connectivity index (χ4n) is 3.68. The van der Waals surface area contributed by atoms with Crippen molar-refractivity contribution < 1.29 is 18.7 Å². The van der Waals surface area contributed by atoms with E-state index in [4.69, 9.17) is 10.5 Å². The van der Waals surface area contributed by atoms with Gasteiger partial charge in [-0.05, 0) is 48.0 Å². The molecule has 2 aromatic carbocycles. The van der Waals surface area contributed by atoms with Gasteiger partial charge in [-0.2, -0.15) is 5.10 Å². The van der Waals surface area contributed by atoms with Crippen molar-refractivity contribution in [2.24, 2.45) is 10.8 Å². The van der Waals surface area contributed by atoms with Gasteiger partial charge in [0, 0.05) is 23.8 Å². The molecule has 0 radical (unpaired) electrons. The van der Waals surface area contributed by atoms with Crippen molar-refractivity contribution in [1.29, 1.82) is 0 Å². The molecule has 2 amide bonds. The van der Waals surface area contributed by atoms with Crippen LogP contribution in [0.25, 0.3) is 11.3 Å². The SMILES string of the molecule is NC(=O)C1CC(C(=O)Nc2nc(-c3ccc4c(c3)CCO4)cs2)=NN1c1ccc(F)cc1. The number of nitrogens with one attached hydrogen (secondary N) is 1. The Kier molecular flexibility index (Phi) is 5.06. The molecule has 162 valence electrons. The molecule has 0 saturated carbocycles. The number of ether oxygens (including phenoxy) is 1. The number of amides is 2. The Hall–Kier alpha value is -3.79. The normalized spacial score (nSPS) is 17.0. The third-order valence-corrected chi connectivity index (χ3v) is 6.06. The first-order chi connectivity index (χ1) is 15.5. The molecule has 1 atom stereocenters. The molecule has 1 aromatic heterocycles. The van der Waals surface area contributed by atoms with Crippen LogP contribution in [0.2, 0.25) is 0 Å². The van der Waals surface area contributed by atoms with Gasteiger partial charge in [-0.3, -0.25) is 19.9 Å². The van der Waals surface area contributed by atoms with Gasteiger partial charge >= 0.3 is 0 Å². The zero-order chi connectivity index (χ0) is 22.2. The van der Waals surface area contributed by atoms with E-state index >= 15 is 0 Å². The summed E-state index contributed by atoms with van der Waals surface area (Å²) in [5, 5.41) is 10.6. The average molecular weight is 451 g/mol. The molecular formula is C22H18FN5O3S. The molecular weight excluding hydrogens is 433 g/mol. The molecule has 32 heavy (non-hydrogen) atoms. The summed E-state index contributed by atoms with van der Waals surface area (Å²) in [5.74, 6) is -0.616. The molecule has 0 bridgehead atoms. The van der Waals surface area contributed by atoms with Crippen LogP contribution in [0.1, 0.15) is 12.0 Å². The average Bonchev–Trinajstić information content (AvgIpc) is 3.53. The Morgan fingerprint density at radius 2 is 2.03 bits per heavy atom. The van der Waals surface area contributed by atoms with Crippen molar-refractivity contribution in [3.63, 3.8) is 0 Å². The standard InChI is InChI=1S/C22H18FN5O3S/c23-14-2-4-15(5-3-14)28-18(20(24)29)10-16(27-28)21(30)26-22-25-17(11-32-22)12-1-6-19-13(9-12)7-8-31-19/h1-6,9,11,18H,7-8,10H2,(H2,24,29)(H,25,26,30). The maximum absolute atomic E-state index is 13.2. The second kappa shape index (κ2) is 8.04. The third kappa shape index (κ3) is 3.80. The predicted molar refractivity (Wildman–Crippen MR) is 119 cm³/mol. The van der Waals surface area contributed by atoms with E-state index in [1.807, 2.05) is 23.6 Å². The van der Waals surface area contributed by atoms with Gasteiger partial charge in [-0.25, -0.2) is 9.37 Å². The minimum atomic E-state index is -0.832. The predicted octanol–water partition coefficient (Wildman–Crippen LogP) is 2.94. The Labute approximate surface area is 186 Å². The van der Waals surface area contributed by atoms with Crippen molar-refractivity contribution in [2.45, 2.75) is 18.9 Å². The monoisotopic (exact) mass is 451 g/mol. The molecule has 10 heteroatoms. The summed E-state index contributed by atoms with van der Waals surface area (Å²) in [7, 11) is 0. The molecule has 3 heterocycles. The number of halogens is 1. The Bertz CT molecular complexity index is 1240. The van der Waals surface area contributed by atoms with Crippen LogP contribution in [-0.2, 0) is 16.0 Å². The molecule has 2 aliphatic rings. The lowest BCUT2D eigenvalue weighted by atomic mass is 10.1. The van der Waals surface area contributed by atoms with E-state index in [1.54, 1.807) is 0 Å². The van der Waals surface area contributed by atoms with Crippen LogP contribution in [-0.4, -0.2) is 35.2 Å². The van der Waals surface area contributed by atoms with Crippen LogP contribution in [0.4, 0.5) is 15.2 Å². The first-order valence-electron chi connectivity index (χ1n) is 9.92. The van der Waals surface area contributed by atoms with E-state index in [2.05, 4.69) is 15.4 Å². The molecule has 2 aliphatic heterocycles. The van der Waals surface area contributed by atoms with Crippen molar-refractivity contribution in [1.82, 2.24) is 4.98 Å². The highest BCUT2D eigenvalue weighted by Crippen LogP contribution is 2.32. The third-order valence-electron chi connectivity index (χ3n) is 5.30. The maximum Gasteiger partial charge on any atom is 0.273 e. The lowest BCUT2D eigenvalue weighted by Gasteiger charge is -2.20. The molecule has 0 spiro atoms. The highest BCUT2D eigenvalue weighted by molar-refractivity contribution is 7.14. The largest absolute Gasteiger partial charge is 0.493 e. The number of carbonyl (C=O) groups is 2. The minimum absolute atomic E-state index is 0.0433. The molecule has 3 aromatic rings. The van der Waals surface area contributed by atoms with E-state index in [9.17, 15) is 14.0 Å². The zero-order valence-electron chi connectivity index (χ0n) is 16.7. The van der Waals surface area contributed by atoms with Crippen molar-refractivity contribution in [3.05, 3.63) is 59.2 Å². The quantitative estimate of drug-likeness (QED) is 0.620. The summed E-state index contributed by atoms with van der Waals surface area (Å²) in [6.45, 7) is 0.681. The smallest absolute Gasteiger partial charge is 0.273 e. The Morgan fingerprint density at radius 3 is 2.81 bits per heavy atom. The van der Waals surface area contributed by atoms with Crippen LogP contribution in [0.5, 0.6) is 5.75 Å². The molecule has 0 aliphatic carbocycles. The highest BCUT2D eigenvalue weighted by Gasteiger charge is 2.35. The molecule has 8 nitrogen and oxygen atoms in total. The van der Waals surface area contributed by atoms with Crippen molar-refractivity contribution in [2.75, 3.05) is 16.9 Å². The van der Waals surface area contributed by atoms with E-state index < -0.39 is 23.7 Å². The van der Waals surface area contributed by atoms with E-state index in [-0.39, 0.29) is 12.1 Å². The number of carbonyl (C=O) groups excluding carboxylic acids is 2. The first-order valence-corrected chi connectivity index (χ1v) is 10.8. The number of nitrogens with two attached hydrogens (primary N) is 1. The number of hydrogen-bond acceptors (Lipinski definition) is 7. The summed E-state index contributed by atoms with van der Waals surface area (Å²) in [6, 6.07) is 10.5. The summed E-state index contributed by atoms with van der Waals surface area (Å²) in [5.41, 5.74) is 8.94. The maximum atomic E-state index is 13.2. The topological polar surface area (TPSA) is 110 Å².